The fraction of sp³-hybridized carbons (Fsp3) is 0.240. The summed E-state index contributed by atoms with van der Waals surface area (Å²) in [6, 6.07) is 10.9. The minimum Gasteiger partial charge on any atom is -0.350 e. The van der Waals surface area contributed by atoms with E-state index in [1.807, 2.05) is 0 Å². The average molecular weight is 582 g/mol. The smallest absolute Gasteiger partial charge is 0.264 e. The minimum atomic E-state index is -4.10. The Morgan fingerprint density at radius 3 is 2.46 bits per heavy atom. The maximum atomic E-state index is 13.7. The van der Waals surface area contributed by atoms with Gasteiger partial charge in [0.25, 0.3) is 10.0 Å². The molecule has 0 unspecified atom stereocenters. The Morgan fingerprint density at radius 2 is 1.81 bits per heavy atom. The number of sulfonamides is 1. The molecule has 1 aliphatic heterocycles. The molecule has 8 nitrogen and oxygen atoms in total. The van der Waals surface area contributed by atoms with Crippen LogP contribution in [-0.2, 0) is 27.7 Å². The molecule has 0 aliphatic carbocycles. The van der Waals surface area contributed by atoms with Crippen molar-refractivity contribution in [1.29, 1.82) is 0 Å². The van der Waals surface area contributed by atoms with Crippen molar-refractivity contribution < 1.29 is 18.0 Å². The highest BCUT2D eigenvalue weighted by Crippen LogP contribution is 2.33. The fourth-order valence-electron chi connectivity index (χ4n) is 4.04. The van der Waals surface area contributed by atoms with E-state index >= 15 is 0 Å². The Kier molecular flexibility index (Phi) is 8.11. The van der Waals surface area contributed by atoms with Crippen molar-refractivity contribution in [1.82, 2.24) is 10.3 Å². The minimum absolute atomic E-state index is 0.0190. The van der Waals surface area contributed by atoms with Crippen molar-refractivity contribution in [2.75, 3.05) is 10.8 Å². The molecule has 1 amide bonds. The molecule has 2 aromatic carbocycles. The van der Waals surface area contributed by atoms with Gasteiger partial charge in [-0.15, -0.1) is 0 Å². The summed E-state index contributed by atoms with van der Waals surface area (Å²) in [5.74, 6) is -0.744. The van der Waals surface area contributed by atoms with E-state index in [0.717, 1.165) is 0 Å². The standard InChI is InChI=1S/C25H23Cl3N4O4S/c1-14(29)25(34)31-17-11-21-22(32(13-17)37(35,36)18-5-2-4-16(26)10-18)8-15(12-30-21)9-23(33)24-19(27)6-3-7-20(24)28/h2-8,10,12,14,17H,9,11,13,29H2,1H3,(H,31,34)/t14-,17-/m1/s1. The van der Waals surface area contributed by atoms with Crippen LogP contribution in [0.15, 0.2) is 59.6 Å². The van der Waals surface area contributed by atoms with Crippen molar-refractivity contribution >= 4 is 62.2 Å². The molecule has 1 aromatic heterocycles. The van der Waals surface area contributed by atoms with E-state index in [9.17, 15) is 18.0 Å². The molecular weight excluding hydrogens is 559 g/mol. The molecule has 0 saturated heterocycles. The lowest BCUT2D eigenvalue weighted by molar-refractivity contribution is -0.122. The lowest BCUT2D eigenvalue weighted by atomic mass is 10.00. The maximum absolute atomic E-state index is 13.7. The molecule has 1 aliphatic rings. The molecule has 0 spiro atoms. The van der Waals surface area contributed by atoms with Crippen LogP contribution >= 0.6 is 34.8 Å². The zero-order valence-electron chi connectivity index (χ0n) is 19.6. The predicted octanol–water partition coefficient (Wildman–Crippen LogP) is 4.05. The van der Waals surface area contributed by atoms with E-state index < -0.39 is 28.0 Å². The van der Waals surface area contributed by atoms with E-state index in [-0.39, 0.29) is 50.7 Å². The summed E-state index contributed by atoms with van der Waals surface area (Å²) in [4.78, 5) is 29.7. The highest BCUT2D eigenvalue weighted by atomic mass is 35.5. The first-order valence-corrected chi connectivity index (χ1v) is 13.8. The third-order valence-corrected chi connectivity index (χ3v) is 8.49. The Hall–Kier alpha value is -2.69. The number of carbonyl (C=O) groups excluding carboxylic acids is 2. The number of halogens is 3. The number of ketones is 1. The summed E-state index contributed by atoms with van der Waals surface area (Å²) in [6.07, 6.45) is 1.68. The van der Waals surface area contributed by atoms with Crippen LogP contribution in [0.1, 0.15) is 28.5 Å². The summed E-state index contributed by atoms with van der Waals surface area (Å²) < 4.78 is 28.6. The van der Waals surface area contributed by atoms with Crippen molar-refractivity contribution in [2.24, 2.45) is 5.73 Å². The van der Waals surface area contributed by atoms with Gasteiger partial charge < -0.3 is 11.1 Å². The Labute approximate surface area is 229 Å². The van der Waals surface area contributed by atoms with Crippen LogP contribution in [0.25, 0.3) is 0 Å². The van der Waals surface area contributed by atoms with E-state index in [4.69, 9.17) is 40.5 Å². The first kappa shape index (κ1) is 27.3. The molecule has 0 bridgehead atoms. The highest BCUT2D eigenvalue weighted by Gasteiger charge is 2.35. The number of nitrogens with zero attached hydrogens (tertiary/aromatic N) is 2. The number of Topliss-reactive ketones (excluding diaryl/α,β-unsaturated/α-hetero) is 1. The predicted molar refractivity (Wildman–Crippen MR) is 144 cm³/mol. The van der Waals surface area contributed by atoms with Gasteiger partial charge in [0.1, 0.15) is 0 Å². The highest BCUT2D eigenvalue weighted by molar-refractivity contribution is 7.92. The van der Waals surface area contributed by atoms with E-state index in [1.165, 1.54) is 28.7 Å². The average Bonchev–Trinajstić information content (AvgIpc) is 2.83. The molecular formula is C25H23Cl3N4O4S. The number of rotatable bonds is 7. The molecule has 12 heteroatoms. The lowest BCUT2D eigenvalue weighted by Crippen LogP contribution is -2.53. The molecule has 37 heavy (non-hydrogen) atoms. The van der Waals surface area contributed by atoms with Crippen molar-refractivity contribution in [3.05, 3.63) is 86.6 Å². The third kappa shape index (κ3) is 5.91. The normalized spacial score (nSPS) is 16.1. The third-order valence-electron chi connectivity index (χ3n) is 5.85. The van der Waals surface area contributed by atoms with Gasteiger partial charge >= 0.3 is 0 Å². The van der Waals surface area contributed by atoms with Crippen molar-refractivity contribution in [2.45, 2.75) is 36.7 Å². The quantitative estimate of drug-likeness (QED) is 0.406. The SMILES string of the molecule is C[C@@H](N)C(=O)N[C@@H]1Cc2ncc(CC(=O)c3c(Cl)cccc3Cl)cc2N(S(=O)(=O)c2cccc(Cl)c2)C1. The summed E-state index contributed by atoms with van der Waals surface area (Å²) in [5, 5.41) is 3.49. The zero-order chi connectivity index (χ0) is 26.9. The van der Waals surface area contributed by atoms with Crippen LogP contribution in [0.5, 0.6) is 0 Å². The number of fused-ring (bicyclic) bond motifs is 1. The van der Waals surface area contributed by atoms with Crippen LogP contribution in [0.4, 0.5) is 5.69 Å². The molecule has 0 fully saturated rings. The molecule has 0 radical (unpaired) electrons. The van der Waals surface area contributed by atoms with Gasteiger partial charge in [-0.2, -0.15) is 0 Å². The number of carbonyl (C=O) groups is 2. The Balaban J connectivity index is 1.73. The number of amides is 1. The first-order chi connectivity index (χ1) is 17.5. The second kappa shape index (κ2) is 11.0. The summed E-state index contributed by atoms with van der Waals surface area (Å²) in [7, 11) is -4.10. The molecule has 2 heterocycles. The van der Waals surface area contributed by atoms with E-state index in [1.54, 1.807) is 37.3 Å². The number of hydrogen-bond acceptors (Lipinski definition) is 6. The lowest BCUT2D eigenvalue weighted by Gasteiger charge is -2.35. The van der Waals surface area contributed by atoms with E-state index in [0.29, 0.717) is 16.9 Å². The van der Waals surface area contributed by atoms with Crippen LogP contribution in [-0.4, -0.2) is 43.7 Å². The molecule has 3 aromatic rings. The van der Waals surface area contributed by atoms with Gasteiger partial charge in [-0.3, -0.25) is 18.9 Å². The number of aromatic nitrogens is 1. The summed E-state index contributed by atoms with van der Waals surface area (Å²) in [6.45, 7) is 1.48. The van der Waals surface area contributed by atoms with Crippen LogP contribution in [0.2, 0.25) is 15.1 Å². The van der Waals surface area contributed by atoms with Gasteiger partial charge in [0.15, 0.2) is 5.78 Å². The van der Waals surface area contributed by atoms with Gasteiger partial charge in [0.05, 0.1) is 50.5 Å². The van der Waals surface area contributed by atoms with E-state index in [2.05, 4.69) is 10.3 Å². The largest absolute Gasteiger partial charge is 0.350 e. The molecule has 3 N–H and O–H groups in total. The number of anilines is 1. The Bertz CT molecular complexity index is 1460. The molecule has 4 rings (SSSR count). The maximum Gasteiger partial charge on any atom is 0.264 e. The topological polar surface area (TPSA) is 122 Å². The number of hydrogen-bond donors (Lipinski definition) is 2. The van der Waals surface area contributed by atoms with Crippen molar-refractivity contribution in [3.8, 4) is 0 Å². The van der Waals surface area contributed by atoms with Crippen LogP contribution < -0.4 is 15.4 Å². The molecule has 0 saturated carbocycles. The zero-order valence-corrected chi connectivity index (χ0v) is 22.7. The van der Waals surface area contributed by atoms with Gasteiger partial charge in [0, 0.05) is 24.1 Å². The number of benzene rings is 2. The fourth-order valence-corrected chi connectivity index (χ4v) is 6.48. The van der Waals surface area contributed by atoms with Gasteiger partial charge in [-0.25, -0.2) is 8.42 Å². The number of nitrogens with two attached hydrogens (primary N) is 1. The first-order valence-electron chi connectivity index (χ1n) is 11.3. The van der Waals surface area contributed by atoms with Gasteiger partial charge in [0.2, 0.25) is 5.91 Å². The van der Waals surface area contributed by atoms with Crippen LogP contribution in [0, 0.1) is 0 Å². The summed E-state index contributed by atoms with van der Waals surface area (Å²) >= 11 is 18.4. The van der Waals surface area contributed by atoms with Crippen molar-refractivity contribution in [3.63, 3.8) is 0 Å². The number of pyridine rings is 1. The second-order valence-corrected chi connectivity index (χ2v) is 11.8. The summed E-state index contributed by atoms with van der Waals surface area (Å²) in [5.41, 5.74) is 7.10. The van der Waals surface area contributed by atoms with Gasteiger partial charge in [-0.1, -0.05) is 46.9 Å². The monoisotopic (exact) mass is 580 g/mol. The second-order valence-electron chi connectivity index (χ2n) is 8.70. The Morgan fingerprint density at radius 1 is 1.14 bits per heavy atom. The van der Waals surface area contributed by atoms with Crippen LogP contribution in [0.3, 0.4) is 0 Å². The van der Waals surface area contributed by atoms with Gasteiger partial charge in [-0.05, 0) is 48.9 Å². The molecule has 2 atom stereocenters. The molecule has 194 valence electrons. The number of nitrogens with one attached hydrogen (secondary N) is 1.